The van der Waals surface area contributed by atoms with E-state index in [0.29, 0.717) is 23.7 Å². The smallest absolute Gasteiger partial charge is 0.501 e. The van der Waals surface area contributed by atoms with E-state index in [1.165, 1.54) is 91.4 Å². The van der Waals surface area contributed by atoms with E-state index in [0.717, 1.165) is 83.7 Å². The largest absolute Gasteiger partial charge is 3.00 e. The first kappa shape index (κ1) is 68.8. The molecule has 0 aliphatic heterocycles. The van der Waals surface area contributed by atoms with Crippen molar-refractivity contribution < 1.29 is 33.3 Å². The van der Waals surface area contributed by atoms with Gasteiger partial charge >= 0.3 is 20.1 Å². The van der Waals surface area contributed by atoms with Crippen LogP contribution in [0.15, 0.2) is 241 Å². The standard InChI is InChI=1S/C43H35N2O.C25H24FN2.C21H22FN2.Ir/c1-27(2)36-24-32(30-16-9-6-10-17-30)25-37(28(3)4)41(36)45-39-21-12-11-20-38(39)44-43(45)35-19-13-18-34-33-23-22-31(26-40(33)46-42(34)35)29-14-7-5-8-15-29;1-16(2)20-8-7-9-21(17(3)4)24(20)28-23-11-6-5-10-22(23)27-25(28)18-12-14-19(26)15-13-18;1-14(2)18-6-5-7-19(15(3)4)20(18)24-13-12-23-21(24)16-8-10-17(22)11-9-16;/h5-18,20-28H,1-4H3;5-12,14-17H,1-4H3;5-8,10-15H,1-4H3;/q3*-1;+3. The Bertz CT molecular complexity index is 5230. The van der Waals surface area contributed by atoms with Crippen molar-refractivity contribution in [3.8, 4) is 73.5 Å². The zero-order valence-corrected chi connectivity index (χ0v) is 60.6. The Balaban J connectivity index is 0.000000151. The number of rotatable bonds is 14. The fourth-order valence-corrected chi connectivity index (χ4v) is 13.5. The van der Waals surface area contributed by atoms with Gasteiger partial charge < -0.3 is 18.1 Å². The number of hydrogen-bond donors (Lipinski definition) is 0. The van der Waals surface area contributed by atoms with Crippen molar-refractivity contribution in [3.05, 3.63) is 300 Å². The maximum absolute atomic E-state index is 13.5. The predicted molar refractivity (Wildman–Crippen MR) is 401 cm³/mol. The molecule has 0 saturated carbocycles. The van der Waals surface area contributed by atoms with Gasteiger partial charge in [-0.15, -0.1) is 77.9 Å². The molecule has 99 heavy (non-hydrogen) atoms. The molecule has 0 spiro atoms. The fourth-order valence-electron chi connectivity index (χ4n) is 13.5. The number of nitrogens with zero attached hydrogens (tertiary/aromatic N) is 6. The van der Waals surface area contributed by atoms with E-state index < -0.39 is 0 Å². The van der Waals surface area contributed by atoms with Crippen molar-refractivity contribution in [3.63, 3.8) is 0 Å². The number of hydrogen-bond acceptors (Lipinski definition) is 4. The van der Waals surface area contributed by atoms with Gasteiger partial charge in [0.05, 0.1) is 45.1 Å². The van der Waals surface area contributed by atoms with Crippen LogP contribution in [0.5, 0.6) is 0 Å². The summed E-state index contributed by atoms with van der Waals surface area (Å²) in [6.07, 6.45) is 3.76. The Hall–Kier alpha value is -10.1. The van der Waals surface area contributed by atoms with Crippen LogP contribution in [0.2, 0.25) is 0 Å². The summed E-state index contributed by atoms with van der Waals surface area (Å²) in [5.74, 6) is 3.91. The van der Waals surface area contributed by atoms with Gasteiger partial charge in [0.25, 0.3) is 0 Å². The van der Waals surface area contributed by atoms with Crippen LogP contribution in [0.25, 0.3) is 117 Å². The van der Waals surface area contributed by atoms with Gasteiger partial charge in [0.15, 0.2) is 0 Å². The number of imidazole rings is 3. The van der Waals surface area contributed by atoms with E-state index >= 15 is 0 Å². The molecule has 0 saturated heterocycles. The zero-order valence-electron chi connectivity index (χ0n) is 58.2. The minimum Gasteiger partial charge on any atom is -0.501 e. The van der Waals surface area contributed by atoms with E-state index in [1.54, 1.807) is 18.3 Å². The minimum absolute atomic E-state index is 0. The van der Waals surface area contributed by atoms with Crippen LogP contribution in [0, 0.1) is 29.8 Å². The first-order chi connectivity index (χ1) is 47.4. The Labute approximate surface area is 594 Å². The molecule has 0 fully saturated rings. The van der Waals surface area contributed by atoms with E-state index in [2.05, 4.69) is 278 Å². The van der Waals surface area contributed by atoms with E-state index in [1.807, 2.05) is 36.5 Å². The Morgan fingerprint density at radius 1 is 0.384 bits per heavy atom. The van der Waals surface area contributed by atoms with Crippen molar-refractivity contribution in [2.75, 3.05) is 0 Å². The van der Waals surface area contributed by atoms with Gasteiger partial charge in [0.2, 0.25) is 0 Å². The van der Waals surface area contributed by atoms with E-state index in [9.17, 15) is 8.78 Å². The van der Waals surface area contributed by atoms with Crippen LogP contribution < -0.4 is 0 Å². The van der Waals surface area contributed by atoms with Crippen molar-refractivity contribution in [2.24, 2.45) is 0 Å². The number of halogens is 2. The Morgan fingerprint density at radius 2 is 0.838 bits per heavy atom. The van der Waals surface area contributed by atoms with Crippen LogP contribution in [0.1, 0.15) is 152 Å². The average Bonchev–Trinajstić information content (AvgIpc) is 1.63. The molecule has 0 N–H and O–H groups in total. The van der Waals surface area contributed by atoms with Crippen molar-refractivity contribution in [2.45, 2.75) is 119 Å². The molecule has 4 heterocycles. The second kappa shape index (κ2) is 29.5. The summed E-state index contributed by atoms with van der Waals surface area (Å²) in [5, 5.41) is 2.15. The van der Waals surface area contributed by atoms with Crippen LogP contribution >= 0.6 is 0 Å². The molecule has 0 radical (unpaired) electrons. The average molecular weight is 1480 g/mol. The minimum atomic E-state index is -0.295. The maximum Gasteiger partial charge on any atom is 3.00 e. The van der Waals surface area contributed by atoms with Crippen molar-refractivity contribution in [1.82, 2.24) is 28.7 Å². The fraction of sp³-hybridized carbons (Fsp3) is 0.202. The van der Waals surface area contributed by atoms with Gasteiger partial charge in [-0.05, 0) is 134 Å². The molecule has 0 atom stereocenters. The third-order valence-electron chi connectivity index (χ3n) is 18.5. The second-order valence-corrected chi connectivity index (χ2v) is 27.1. The van der Waals surface area contributed by atoms with E-state index in [-0.39, 0.29) is 43.6 Å². The normalized spacial score (nSPS) is 11.6. The van der Waals surface area contributed by atoms with E-state index in [4.69, 9.17) is 14.4 Å². The first-order valence-corrected chi connectivity index (χ1v) is 34.2. The van der Waals surface area contributed by atoms with Crippen molar-refractivity contribution >= 4 is 44.0 Å². The zero-order chi connectivity index (χ0) is 68.5. The first-order valence-electron chi connectivity index (χ1n) is 34.2. The number of furan rings is 1. The molecule has 15 rings (SSSR count). The molecule has 11 aromatic carbocycles. The van der Waals surface area contributed by atoms with Crippen LogP contribution in [-0.4, -0.2) is 28.7 Å². The molecular formula is C89H81F2IrN6O. The monoisotopic (exact) mass is 1480 g/mol. The van der Waals surface area contributed by atoms with Gasteiger partial charge in [0.1, 0.15) is 5.58 Å². The van der Waals surface area contributed by atoms with Crippen LogP contribution in [0.4, 0.5) is 8.78 Å². The molecular weight excluding hydrogens is 1400 g/mol. The van der Waals surface area contributed by atoms with Crippen LogP contribution in [0.3, 0.4) is 0 Å². The van der Waals surface area contributed by atoms with Crippen molar-refractivity contribution in [1.29, 1.82) is 0 Å². The number of para-hydroxylation sites is 6. The van der Waals surface area contributed by atoms with Gasteiger partial charge in [-0.3, -0.25) is 23.7 Å². The summed E-state index contributed by atoms with van der Waals surface area (Å²) in [4.78, 5) is 14.7. The third kappa shape index (κ3) is 13.8. The summed E-state index contributed by atoms with van der Waals surface area (Å²) in [6.45, 7) is 26.8. The summed E-state index contributed by atoms with van der Waals surface area (Å²) < 4.78 is 40.2. The summed E-state index contributed by atoms with van der Waals surface area (Å²) >= 11 is 0. The number of aromatic nitrogens is 6. The summed E-state index contributed by atoms with van der Waals surface area (Å²) in [6, 6.07) is 84.8. The predicted octanol–water partition coefficient (Wildman–Crippen LogP) is 24.6. The van der Waals surface area contributed by atoms with Gasteiger partial charge in [0, 0.05) is 46.5 Å². The molecule has 0 aliphatic rings. The second-order valence-electron chi connectivity index (χ2n) is 27.1. The maximum atomic E-state index is 13.5. The summed E-state index contributed by atoms with van der Waals surface area (Å²) in [7, 11) is 0. The summed E-state index contributed by atoms with van der Waals surface area (Å²) in [5.41, 5.74) is 24.1. The Morgan fingerprint density at radius 3 is 1.34 bits per heavy atom. The molecule has 0 aliphatic carbocycles. The molecule has 0 unspecified atom stereocenters. The number of benzene rings is 11. The molecule has 0 bridgehead atoms. The SMILES string of the molecule is CC(C)c1cc(-c2ccccc2)cc(C(C)C)c1-n1c(-c2[c-]ccc3c2oc2cc(-c4ccccc4)ccc23)nc2ccccc21.CC(C)c1cccc(C(C)C)c1-n1c(-c2[c-]cc(F)cc2)nc2ccccc21.CC(C)c1cccc(C(C)C)c1-n1ccnc1-c1[c-]cc(F)cc1.[Ir+3]. The molecule has 10 heteroatoms. The molecule has 496 valence electrons. The van der Waals surface area contributed by atoms with Gasteiger partial charge in [-0.2, -0.15) is 0 Å². The molecule has 4 aromatic heterocycles. The molecule has 0 amide bonds. The molecule has 15 aromatic rings. The van der Waals surface area contributed by atoms with Gasteiger partial charge in [-0.25, -0.2) is 0 Å². The Kier molecular flexibility index (Phi) is 20.5. The quantitative estimate of drug-likeness (QED) is 0.102. The van der Waals surface area contributed by atoms with Crippen LogP contribution in [-0.2, 0) is 20.1 Å². The third-order valence-corrected chi connectivity index (χ3v) is 18.5. The van der Waals surface area contributed by atoms with Gasteiger partial charge in [-0.1, -0.05) is 227 Å². The number of fused-ring (bicyclic) bond motifs is 5. The topological polar surface area (TPSA) is 66.6 Å². The molecule has 7 nitrogen and oxygen atoms in total.